The third-order valence-corrected chi connectivity index (χ3v) is 2.80. The summed E-state index contributed by atoms with van der Waals surface area (Å²) in [5.41, 5.74) is 3.94. The summed E-state index contributed by atoms with van der Waals surface area (Å²) in [4.78, 5) is 10.6. The number of rotatable bonds is 2. The molecule has 0 unspecified atom stereocenters. The van der Waals surface area contributed by atoms with Crippen molar-refractivity contribution in [3.63, 3.8) is 0 Å². The quantitative estimate of drug-likeness (QED) is 0.712. The van der Waals surface area contributed by atoms with Crippen molar-refractivity contribution in [2.24, 2.45) is 0 Å². The van der Waals surface area contributed by atoms with E-state index in [1.54, 1.807) is 12.1 Å². The van der Waals surface area contributed by atoms with Gasteiger partial charge in [-0.2, -0.15) is 0 Å². The molecule has 2 aromatic rings. The number of carbonyl (C=O) groups excluding carboxylic acids is 1. The summed E-state index contributed by atoms with van der Waals surface area (Å²) in [5.74, 6) is -0.360. The van der Waals surface area contributed by atoms with Crippen LogP contribution in [-0.2, 0) is 0 Å². The molecule has 2 aromatic carbocycles. The van der Waals surface area contributed by atoms with Crippen LogP contribution >= 0.6 is 0 Å². The van der Waals surface area contributed by atoms with Crippen molar-refractivity contribution in [2.75, 3.05) is 0 Å². The van der Waals surface area contributed by atoms with Gasteiger partial charge in [0.2, 0.25) is 0 Å². The van der Waals surface area contributed by atoms with Gasteiger partial charge >= 0.3 is 0 Å². The van der Waals surface area contributed by atoms with Gasteiger partial charge in [-0.3, -0.25) is 4.79 Å². The summed E-state index contributed by atoms with van der Waals surface area (Å²) in [5, 5.41) is 0. The number of aldehydes is 1. The van der Waals surface area contributed by atoms with E-state index in [0.29, 0.717) is 17.4 Å². The standard InChI is InChI=1S/C15H13FO/c1-10-3-5-13(11(2)7-10)14-6-4-12(9-17)8-15(14)16/h3-9H,1-2H3. The van der Waals surface area contributed by atoms with E-state index < -0.39 is 0 Å². The Morgan fingerprint density at radius 3 is 2.29 bits per heavy atom. The van der Waals surface area contributed by atoms with Crippen LogP contribution in [0.2, 0.25) is 0 Å². The highest BCUT2D eigenvalue weighted by Gasteiger charge is 2.08. The van der Waals surface area contributed by atoms with Crippen LogP contribution in [0.3, 0.4) is 0 Å². The molecule has 1 nitrogen and oxygen atoms in total. The molecule has 0 heterocycles. The second kappa shape index (κ2) is 4.50. The Morgan fingerprint density at radius 2 is 1.71 bits per heavy atom. The molecule has 2 rings (SSSR count). The molecule has 0 aliphatic carbocycles. The van der Waals surface area contributed by atoms with Crippen molar-refractivity contribution >= 4 is 6.29 Å². The molecule has 0 aromatic heterocycles. The molecule has 0 atom stereocenters. The smallest absolute Gasteiger partial charge is 0.150 e. The first-order valence-electron chi connectivity index (χ1n) is 5.44. The predicted molar refractivity (Wildman–Crippen MR) is 66.7 cm³/mol. The first-order valence-corrected chi connectivity index (χ1v) is 5.44. The topological polar surface area (TPSA) is 17.1 Å². The lowest BCUT2D eigenvalue weighted by molar-refractivity contribution is 0.112. The molecule has 86 valence electrons. The summed E-state index contributed by atoms with van der Waals surface area (Å²) in [6.45, 7) is 3.96. The number of benzene rings is 2. The monoisotopic (exact) mass is 228 g/mol. The van der Waals surface area contributed by atoms with Crippen LogP contribution in [-0.4, -0.2) is 6.29 Å². The predicted octanol–water partition coefficient (Wildman–Crippen LogP) is 3.92. The summed E-state index contributed by atoms with van der Waals surface area (Å²) >= 11 is 0. The number of hydrogen-bond acceptors (Lipinski definition) is 1. The fraction of sp³-hybridized carbons (Fsp3) is 0.133. The van der Waals surface area contributed by atoms with E-state index in [0.717, 1.165) is 16.7 Å². The minimum absolute atomic E-state index is 0.357. The summed E-state index contributed by atoms with van der Waals surface area (Å²) in [7, 11) is 0. The number of carbonyl (C=O) groups is 1. The van der Waals surface area contributed by atoms with Crippen LogP contribution in [0.1, 0.15) is 21.5 Å². The summed E-state index contributed by atoms with van der Waals surface area (Å²) < 4.78 is 13.8. The van der Waals surface area contributed by atoms with Gasteiger partial charge in [0.1, 0.15) is 12.1 Å². The molecule has 0 aliphatic rings. The second-order valence-corrected chi connectivity index (χ2v) is 4.18. The SMILES string of the molecule is Cc1ccc(-c2ccc(C=O)cc2F)c(C)c1. The van der Waals surface area contributed by atoms with Gasteiger partial charge in [-0.05, 0) is 31.0 Å². The normalized spacial score (nSPS) is 10.3. The fourth-order valence-corrected chi connectivity index (χ4v) is 1.94. The summed E-state index contributed by atoms with van der Waals surface area (Å²) in [6.07, 6.45) is 0.648. The van der Waals surface area contributed by atoms with Crippen molar-refractivity contribution in [1.82, 2.24) is 0 Å². The number of aryl methyl sites for hydroxylation is 2. The van der Waals surface area contributed by atoms with Crippen LogP contribution in [0.5, 0.6) is 0 Å². The molecular formula is C15H13FO. The first kappa shape index (κ1) is 11.5. The Bertz CT molecular complexity index is 573. The van der Waals surface area contributed by atoms with E-state index in [9.17, 15) is 9.18 Å². The molecule has 0 saturated carbocycles. The summed E-state index contributed by atoms with van der Waals surface area (Å²) in [6, 6.07) is 10.4. The molecule has 0 saturated heterocycles. The molecule has 0 fully saturated rings. The molecule has 0 bridgehead atoms. The zero-order chi connectivity index (χ0) is 12.4. The van der Waals surface area contributed by atoms with Crippen molar-refractivity contribution in [2.45, 2.75) is 13.8 Å². The molecule has 0 N–H and O–H groups in total. The third-order valence-electron chi connectivity index (χ3n) is 2.80. The van der Waals surface area contributed by atoms with Gasteiger partial charge in [0.25, 0.3) is 0 Å². The number of hydrogen-bond donors (Lipinski definition) is 0. The van der Waals surface area contributed by atoms with Crippen molar-refractivity contribution in [1.29, 1.82) is 0 Å². The van der Waals surface area contributed by atoms with Gasteiger partial charge in [-0.1, -0.05) is 35.9 Å². The Balaban J connectivity index is 2.56. The van der Waals surface area contributed by atoms with E-state index in [1.165, 1.54) is 6.07 Å². The molecule has 0 spiro atoms. The highest BCUT2D eigenvalue weighted by atomic mass is 19.1. The maximum atomic E-state index is 13.8. The Kier molecular flexibility index (Phi) is 3.05. The first-order chi connectivity index (χ1) is 8.11. The van der Waals surface area contributed by atoms with Gasteiger partial charge in [0.15, 0.2) is 0 Å². The minimum atomic E-state index is -0.360. The number of halogens is 1. The Hall–Kier alpha value is -1.96. The van der Waals surface area contributed by atoms with Crippen LogP contribution in [0, 0.1) is 19.7 Å². The lowest BCUT2D eigenvalue weighted by atomic mass is 9.97. The van der Waals surface area contributed by atoms with Crippen molar-refractivity contribution in [3.05, 3.63) is 58.9 Å². The molecule has 2 heteroatoms. The third kappa shape index (κ3) is 2.26. The molecule has 17 heavy (non-hydrogen) atoms. The van der Waals surface area contributed by atoms with Crippen LogP contribution in [0.4, 0.5) is 4.39 Å². The van der Waals surface area contributed by atoms with Gasteiger partial charge in [0, 0.05) is 11.1 Å². The zero-order valence-corrected chi connectivity index (χ0v) is 9.83. The minimum Gasteiger partial charge on any atom is -0.298 e. The highest BCUT2D eigenvalue weighted by molar-refractivity contribution is 5.77. The van der Waals surface area contributed by atoms with E-state index in [2.05, 4.69) is 0 Å². The lowest BCUT2D eigenvalue weighted by Crippen LogP contribution is -1.90. The molecule has 0 radical (unpaired) electrons. The molecular weight excluding hydrogens is 215 g/mol. The van der Waals surface area contributed by atoms with Crippen molar-refractivity contribution < 1.29 is 9.18 Å². The van der Waals surface area contributed by atoms with Gasteiger partial charge in [0.05, 0.1) is 0 Å². The van der Waals surface area contributed by atoms with Gasteiger partial charge in [-0.25, -0.2) is 4.39 Å². The van der Waals surface area contributed by atoms with E-state index in [1.807, 2.05) is 32.0 Å². The van der Waals surface area contributed by atoms with Crippen LogP contribution in [0.15, 0.2) is 36.4 Å². The van der Waals surface area contributed by atoms with Crippen molar-refractivity contribution in [3.8, 4) is 11.1 Å². The average Bonchev–Trinajstić information content (AvgIpc) is 2.30. The zero-order valence-electron chi connectivity index (χ0n) is 9.83. The molecule has 0 aliphatic heterocycles. The Labute approximate surface area is 99.9 Å². The average molecular weight is 228 g/mol. The van der Waals surface area contributed by atoms with E-state index >= 15 is 0 Å². The highest BCUT2D eigenvalue weighted by Crippen LogP contribution is 2.27. The van der Waals surface area contributed by atoms with E-state index in [-0.39, 0.29) is 5.82 Å². The Morgan fingerprint density at radius 1 is 1.00 bits per heavy atom. The molecule has 0 amide bonds. The van der Waals surface area contributed by atoms with Crippen LogP contribution in [0.25, 0.3) is 11.1 Å². The lowest BCUT2D eigenvalue weighted by Gasteiger charge is -2.08. The van der Waals surface area contributed by atoms with Gasteiger partial charge < -0.3 is 0 Å². The maximum absolute atomic E-state index is 13.8. The fourth-order valence-electron chi connectivity index (χ4n) is 1.94. The van der Waals surface area contributed by atoms with Crippen LogP contribution < -0.4 is 0 Å². The largest absolute Gasteiger partial charge is 0.298 e. The van der Waals surface area contributed by atoms with Gasteiger partial charge in [-0.15, -0.1) is 0 Å². The van der Waals surface area contributed by atoms with E-state index in [4.69, 9.17) is 0 Å². The second-order valence-electron chi connectivity index (χ2n) is 4.18. The maximum Gasteiger partial charge on any atom is 0.150 e.